The van der Waals surface area contributed by atoms with Crippen molar-refractivity contribution >= 4 is 18.4 Å². The van der Waals surface area contributed by atoms with Crippen molar-refractivity contribution in [3.63, 3.8) is 0 Å². The van der Waals surface area contributed by atoms with Gasteiger partial charge in [-0.05, 0) is 20.3 Å². The summed E-state index contributed by atoms with van der Waals surface area (Å²) in [6, 6.07) is 0. The third kappa shape index (κ3) is 16.1. The number of hydrogen-bond acceptors (Lipinski definition) is 3. The molecule has 0 aromatic carbocycles. The van der Waals surface area contributed by atoms with Gasteiger partial charge in [0.2, 0.25) is 0 Å². The van der Waals surface area contributed by atoms with Crippen LogP contribution in [0.3, 0.4) is 0 Å². The molecule has 0 aromatic heterocycles. The van der Waals surface area contributed by atoms with E-state index < -0.39 is 5.54 Å². The van der Waals surface area contributed by atoms with Gasteiger partial charge in [-0.15, -0.1) is 12.4 Å². The molecule has 2 N–H and O–H groups in total. The van der Waals surface area contributed by atoms with E-state index in [-0.39, 0.29) is 18.4 Å². The number of ether oxygens (including phenoxy) is 1. The Morgan fingerprint density at radius 2 is 1.18 bits per heavy atom. The van der Waals surface area contributed by atoms with Crippen molar-refractivity contribution in [1.82, 2.24) is 0 Å². The van der Waals surface area contributed by atoms with E-state index in [1.807, 2.05) is 0 Å². The molecule has 0 fully saturated rings. The number of halogens is 1. The summed E-state index contributed by atoms with van der Waals surface area (Å²) in [7, 11) is 0. The zero-order valence-corrected chi connectivity index (χ0v) is 15.8. The average Bonchev–Trinajstić information content (AvgIpc) is 2.42. The molecule has 0 heterocycles. The van der Waals surface area contributed by atoms with Crippen molar-refractivity contribution in [2.45, 2.75) is 103 Å². The van der Waals surface area contributed by atoms with Crippen molar-refractivity contribution in [3.05, 3.63) is 0 Å². The fraction of sp³-hybridized carbons (Fsp3) is 0.944. The number of unbranched alkanes of at least 4 members (excludes halogenated alkanes) is 11. The van der Waals surface area contributed by atoms with E-state index in [0.717, 1.165) is 12.8 Å². The quantitative estimate of drug-likeness (QED) is 0.342. The van der Waals surface area contributed by atoms with Gasteiger partial charge in [-0.25, -0.2) is 0 Å². The zero-order chi connectivity index (χ0) is 16.0. The van der Waals surface area contributed by atoms with E-state index in [4.69, 9.17) is 10.5 Å². The summed E-state index contributed by atoms with van der Waals surface area (Å²) in [5, 5.41) is 0. The van der Waals surface area contributed by atoms with E-state index in [1.165, 1.54) is 64.2 Å². The number of esters is 1. The number of carbonyl (C=O) groups excluding carboxylic acids is 1. The van der Waals surface area contributed by atoms with Gasteiger partial charge in [0.1, 0.15) is 5.54 Å². The van der Waals surface area contributed by atoms with Crippen LogP contribution in [0.4, 0.5) is 0 Å². The molecule has 0 atom stereocenters. The molecule has 0 amide bonds. The van der Waals surface area contributed by atoms with Crippen LogP contribution in [0, 0.1) is 0 Å². The number of carbonyl (C=O) groups is 1. The van der Waals surface area contributed by atoms with Crippen molar-refractivity contribution in [2.24, 2.45) is 5.73 Å². The monoisotopic (exact) mass is 335 g/mol. The van der Waals surface area contributed by atoms with E-state index >= 15 is 0 Å². The van der Waals surface area contributed by atoms with Crippen LogP contribution < -0.4 is 5.73 Å². The highest BCUT2D eigenvalue weighted by atomic mass is 35.5. The lowest BCUT2D eigenvalue weighted by Crippen LogP contribution is -2.42. The largest absolute Gasteiger partial charge is 0.464 e. The molecule has 0 aromatic rings. The minimum Gasteiger partial charge on any atom is -0.464 e. The summed E-state index contributed by atoms with van der Waals surface area (Å²) in [5.41, 5.74) is 4.79. The van der Waals surface area contributed by atoms with Gasteiger partial charge in [-0.2, -0.15) is 0 Å². The van der Waals surface area contributed by atoms with Crippen LogP contribution in [0.15, 0.2) is 0 Å². The van der Waals surface area contributed by atoms with Gasteiger partial charge in [0, 0.05) is 0 Å². The first-order chi connectivity index (χ1) is 9.98. The standard InChI is InChI=1S/C18H37NO2.ClH/c1-4-5-6-7-8-9-10-11-12-13-14-15-16-21-17(20)18(2,3)19;/h4-16,19H2,1-3H3;1H. The van der Waals surface area contributed by atoms with Crippen molar-refractivity contribution < 1.29 is 9.53 Å². The predicted molar refractivity (Wildman–Crippen MR) is 97.6 cm³/mol. The molecule has 0 rings (SSSR count). The maximum Gasteiger partial charge on any atom is 0.325 e. The summed E-state index contributed by atoms with van der Waals surface area (Å²) in [4.78, 5) is 11.4. The molecule has 0 aliphatic rings. The van der Waals surface area contributed by atoms with Crippen LogP contribution in [-0.4, -0.2) is 18.1 Å². The Balaban J connectivity index is 0. The van der Waals surface area contributed by atoms with Crippen molar-refractivity contribution in [1.29, 1.82) is 0 Å². The topological polar surface area (TPSA) is 52.3 Å². The van der Waals surface area contributed by atoms with Gasteiger partial charge >= 0.3 is 5.97 Å². The fourth-order valence-corrected chi connectivity index (χ4v) is 2.29. The minimum absolute atomic E-state index is 0. The van der Waals surface area contributed by atoms with Gasteiger partial charge < -0.3 is 10.5 Å². The number of hydrogen-bond donors (Lipinski definition) is 1. The van der Waals surface area contributed by atoms with Crippen molar-refractivity contribution in [3.8, 4) is 0 Å². The lowest BCUT2D eigenvalue weighted by Gasteiger charge is -2.16. The molecule has 0 saturated heterocycles. The summed E-state index contributed by atoms with van der Waals surface area (Å²) in [6.45, 7) is 6.13. The average molecular weight is 336 g/mol. The van der Waals surface area contributed by atoms with E-state index in [1.54, 1.807) is 13.8 Å². The molecular weight excluding hydrogens is 298 g/mol. The van der Waals surface area contributed by atoms with Crippen LogP contribution in [0.1, 0.15) is 97.8 Å². The molecule has 0 unspecified atom stereocenters. The highest BCUT2D eigenvalue weighted by molar-refractivity contribution is 5.85. The summed E-state index contributed by atoms with van der Waals surface area (Å²) >= 11 is 0. The molecule has 0 radical (unpaired) electrons. The van der Waals surface area contributed by atoms with Gasteiger partial charge in [0.05, 0.1) is 6.61 Å². The molecule has 0 aliphatic heterocycles. The maximum atomic E-state index is 11.4. The Kier molecular flexibility index (Phi) is 17.0. The van der Waals surface area contributed by atoms with Crippen LogP contribution in [0.25, 0.3) is 0 Å². The Hall–Kier alpha value is -0.280. The number of nitrogens with two attached hydrogens (primary N) is 1. The van der Waals surface area contributed by atoms with Crippen LogP contribution in [0.2, 0.25) is 0 Å². The highest BCUT2D eigenvalue weighted by Crippen LogP contribution is 2.12. The summed E-state index contributed by atoms with van der Waals surface area (Å²) in [6.07, 6.45) is 15.7. The Morgan fingerprint density at radius 3 is 1.55 bits per heavy atom. The third-order valence-corrected chi connectivity index (χ3v) is 3.76. The molecule has 134 valence electrons. The molecule has 0 spiro atoms. The minimum atomic E-state index is -0.864. The first kappa shape index (κ1) is 24.0. The number of rotatable bonds is 14. The summed E-state index contributed by atoms with van der Waals surface area (Å²) in [5.74, 6) is -0.300. The molecule has 0 saturated carbocycles. The predicted octanol–water partition coefficient (Wildman–Crippen LogP) is 5.39. The second-order valence-corrected chi connectivity index (χ2v) is 6.75. The normalized spacial score (nSPS) is 11.1. The molecule has 0 bridgehead atoms. The van der Waals surface area contributed by atoms with Gasteiger partial charge in [-0.1, -0.05) is 77.6 Å². The fourth-order valence-electron chi connectivity index (χ4n) is 2.29. The molecular formula is C18H38ClNO2. The van der Waals surface area contributed by atoms with E-state index in [2.05, 4.69) is 6.92 Å². The van der Waals surface area contributed by atoms with Gasteiger partial charge in [0.15, 0.2) is 0 Å². The summed E-state index contributed by atoms with van der Waals surface area (Å²) < 4.78 is 5.13. The second-order valence-electron chi connectivity index (χ2n) is 6.75. The molecule has 0 aliphatic carbocycles. The Labute approximate surface area is 144 Å². The zero-order valence-electron chi connectivity index (χ0n) is 15.0. The van der Waals surface area contributed by atoms with Crippen LogP contribution in [-0.2, 0) is 9.53 Å². The van der Waals surface area contributed by atoms with Crippen LogP contribution >= 0.6 is 12.4 Å². The first-order valence-electron chi connectivity index (χ1n) is 8.94. The van der Waals surface area contributed by atoms with Crippen molar-refractivity contribution in [2.75, 3.05) is 6.61 Å². The SMILES string of the molecule is CCCCCCCCCCCCCCOC(=O)C(C)(C)N.Cl. The maximum absolute atomic E-state index is 11.4. The van der Waals surface area contributed by atoms with Gasteiger partial charge in [0.25, 0.3) is 0 Å². The molecule has 3 nitrogen and oxygen atoms in total. The van der Waals surface area contributed by atoms with E-state index in [0.29, 0.717) is 6.61 Å². The van der Waals surface area contributed by atoms with Crippen LogP contribution in [0.5, 0.6) is 0 Å². The smallest absolute Gasteiger partial charge is 0.325 e. The lowest BCUT2D eigenvalue weighted by molar-refractivity contribution is -0.148. The Morgan fingerprint density at radius 1 is 0.818 bits per heavy atom. The first-order valence-corrected chi connectivity index (χ1v) is 8.94. The third-order valence-electron chi connectivity index (χ3n) is 3.76. The van der Waals surface area contributed by atoms with E-state index in [9.17, 15) is 4.79 Å². The lowest BCUT2D eigenvalue weighted by atomic mass is 10.1. The van der Waals surface area contributed by atoms with Gasteiger partial charge in [-0.3, -0.25) is 4.79 Å². The molecule has 22 heavy (non-hydrogen) atoms. The molecule has 4 heteroatoms. The Bertz CT molecular complexity index is 252. The second kappa shape index (κ2) is 15.6. The highest BCUT2D eigenvalue weighted by Gasteiger charge is 2.23.